The molecule has 0 amide bonds. The number of hydrogen-bond donors (Lipinski definition) is 2. The average Bonchev–Trinajstić information content (AvgIpc) is 2.97. The molecule has 0 atom stereocenters. The summed E-state index contributed by atoms with van der Waals surface area (Å²) in [4.78, 5) is 13.5. The third-order valence-corrected chi connectivity index (χ3v) is 5.16. The smallest absolute Gasteiger partial charge is 0.222 e. The largest absolute Gasteiger partial charge is 0.368 e. The second-order valence-electron chi connectivity index (χ2n) is 7.00. The molecule has 2 fully saturated rings. The highest BCUT2D eigenvalue weighted by molar-refractivity contribution is 5.45. The molecule has 0 radical (unpaired) electrons. The van der Waals surface area contributed by atoms with Gasteiger partial charge in [-0.25, -0.2) is 9.61 Å². The van der Waals surface area contributed by atoms with E-state index in [0.29, 0.717) is 17.9 Å². The normalized spacial score (nSPS) is 24.3. The molecule has 2 aromatic heterocycles. The van der Waals surface area contributed by atoms with Gasteiger partial charge in [0.1, 0.15) is 17.2 Å². The fraction of sp³-hybridized carbons (Fsp3) is 0.625. The lowest BCUT2D eigenvalue weighted by Gasteiger charge is -2.36. The van der Waals surface area contributed by atoms with Crippen LogP contribution in [0, 0.1) is 6.92 Å². The van der Waals surface area contributed by atoms with Crippen LogP contribution in [0.15, 0.2) is 10.7 Å². The van der Waals surface area contributed by atoms with Crippen LogP contribution >= 0.6 is 0 Å². The number of hydrogen-bond acceptors (Lipinski definition) is 9. The Kier molecular flexibility index (Phi) is 4.26. The lowest BCUT2D eigenvalue weighted by Crippen LogP contribution is -2.46. The van der Waals surface area contributed by atoms with E-state index in [1.807, 2.05) is 6.92 Å². The topological polar surface area (TPSA) is 123 Å². The highest BCUT2D eigenvalue weighted by Gasteiger charge is 2.30. The maximum Gasteiger partial charge on any atom is 0.222 e. The van der Waals surface area contributed by atoms with Gasteiger partial charge >= 0.3 is 0 Å². The fourth-order valence-electron chi connectivity index (χ4n) is 3.49. The van der Waals surface area contributed by atoms with E-state index in [9.17, 15) is 0 Å². The first-order chi connectivity index (χ1) is 12.1. The fourth-order valence-corrected chi connectivity index (χ4v) is 3.49. The predicted molar refractivity (Wildman–Crippen MR) is 92.9 cm³/mol. The van der Waals surface area contributed by atoms with Crippen molar-refractivity contribution in [1.29, 1.82) is 0 Å². The van der Waals surface area contributed by atoms with Gasteiger partial charge in [-0.05, 0) is 19.8 Å². The summed E-state index contributed by atoms with van der Waals surface area (Å²) in [6.45, 7) is 6.33. The van der Waals surface area contributed by atoms with Crippen LogP contribution in [-0.2, 0) is 6.54 Å². The Morgan fingerprint density at radius 3 is 2.56 bits per heavy atom. The SMILES string of the molecule is Cc1nonc1CN1CCN(c2cc(C3CC(N)C3)nc(N)n2)CC1. The molecule has 1 aliphatic carbocycles. The highest BCUT2D eigenvalue weighted by atomic mass is 16.6. The quantitative estimate of drug-likeness (QED) is 0.804. The van der Waals surface area contributed by atoms with Gasteiger partial charge in [-0.15, -0.1) is 0 Å². The summed E-state index contributed by atoms with van der Waals surface area (Å²) in [7, 11) is 0. The zero-order valence-corrected chi connectivity index (χ0v) is 14.4. The summed E-state index contributed by atoms with van der Waals surface area (Å²) in [6.07, 6.45) is 1.96. The van der Waals surface area contributed by atoms with Crippen molar-refractivity contribution in [3.63, 3.8) is 0 Å². The van der Waals surface area contributed by atoms with Crippen molar-refractivity contribution in [3.05, 3.63) is 23.1 Å². The van der Waals surface area contributed by atoms with Gasteiger partial charge in [-0.1, -0.05) is 10.3 Å². The van der Waals surface area contributed by atoms with Gasteiger partial charge in [0.15, 0.2) is 0 Å². The van der Waals surface area contributed by atoms with Crippen molar-refractivity contribution in [2.24, 2.45) is 5.73 Å². The third-order valence-electron chi connectivity index (χ3n) is 5.16. The molecule has 0 spiro atoms. The van der Waals surface area contributed by atoms with Crippen molar-refractivity contribution in [1.82, 2.24) is 25.2 Å². The van der Waals surface area contributed by atoms with E-state index in [0.717, 1.165) is 68.5 Å². The molecule has 0 unspecified atom stereocenters. The van der Waals surface area contributed by atoms with Crippen LogP contribution < -0.4 is 16.4 Å². The molecule has 0 aromatic carbocycles. The third kappa shape index (κ3) is 3.42. The Morgan fingerprint density at radius 2 is 1.92 bits per heavy atom. The number of anilines is 2. The molecule has 4 rings (SSSR count). The molecule has 1 aliphatic heterocycles. The molecule has 1 saturated heterocycles. The van der Waals surface area contributed by atoms with Crippen LogP contribution in [0.3, 0.4) is 0 Å². The van der Waals surface area contributed by atoms with Gasteiger partial charge in [-0.2, -0.15) is 4.98 Å². The Balaban J connectivity index is 1.39. The zero-order valence-electron chi connectivity index (χ0n) is 14.4. The van der Waals surface area contributed by atoms with Gasteiger partial charge in [0.2, 0.25) is 5.95 Å². The summed E-state index contributed by atoms with van der Waals surface area (Å²) in [5.41, 5.74) is 14.6. The Bertz CT molecular complexity index is 733. The van der Waals surface area contributed by atoms with Gasteiger partial charge in [-0.3, -0.25) is 4.90 Å². The molecule has 1 saturated carbocycles. The Hall–Kier alpha value is -2.26. The average molecular weight is 344 g/mol. The first-order valence-corrected chi connectivity index (χ1v) is 8.74. The standard InChI is InChI=1S/C16H24N8O/c1-10-14(22-25-21-10)9-23-2-4-24(5-3-23)15-8-13(19-16(18)20-15)11-6-12(17)7-11/h8,11-12H,2-7,9,17H2,1H3,(H2,18,19,20). The summed E-state index contributed by atoms with van der Waals surface area (Å²) in [5, 5.41) is 7.80. The van der Waals surface area contributed by atoms with Crippen LogP contribution in [-0.4, -0.2) is 57.4 Å². The summed E-state index contributed by atoms with van der Waals surface area (Å²) in [6, 6.07) is 2.37. The number of aromatic nitrogens is 4. The number of rotatable bonds is 4. The lowest BCUT2D eigenvalue weighted by atomic mass is 9.78. The lowest BCUT2D eigenvalue weighted by molar-refractivity contribution is 0.237. The maximum atomic E-state index is 5.94. The van der Waals surface area contributed by atoms with E-state index in [1.165, 1.54) is 0 Å². The van der Waals surface area contributed by atoms with Crippen LogP contribution in [0.4, 0.5) is 11.8 Å². The molecule has 2 aliphatic rings. The van der Waals surface area contributed by atoms with Gasteiger partial charge < -0.3 is 16.4 Å². The molecule has 0 bridgehead atoms. The minimum atomic E-state index is 0.294. The van der Waals surface area contributed by atoms with E-state index in [2.05, 4.69) is 36.1 Å². The van der Waals surface area contributed by atoms with Crippen LogP contribution in [0.5, 0.6) is 0 Å². The van der Waals surface area contributed by atoms with Gasteiger partial charge in [0.25, 0.3) is 0 Å². The van der Waals surface area contributed by atoms with Crippen molar-refractivity contribution in [2.75, 3.05) is 36.8 Å². The molecular weight excluding hydrogens is 320 g/mol. The predicted octanol–water partition coefficient (Wildman–Crippen LogP) is 0.277. The maximum absolute atomic E-state index is 5.94. The minimum absolute atomic E-state index is 0.294. The van der Waals surface area contributed by atoms with Crippen LogP contribution in [0.25, 0.3) is 0 Å². The molecule has 3 heterocycles. The monoisotopic (exact) mass is 344 g/mol. The number of nitrogen functional groups attached to an aromatic ring is 1. The van der Waals surface area contributed by atoms with Crippen LogP contribution in [0.2, 0.25) is 0 Å². The summed E-state index contributed by atoms with van der Waals surface area (Å²) < 4.78 is 4.77. The molecule has 9 heteroatoms. The first kappa shape index (κ1) is 16.2. The van der Waals surface area contributed by atoms with Crippen molar-refractivity contribution in [2.45, 2.75) is 38.3 Å². The minimum Gasteiger partial charge on any atom is -0.368 e. The molecule has 9 nitrogen and oxygen atoms in total. The molecule has 134 valence electrons. The summed E-state index contributed by atoms with van der Waals surface area (Å²) in [5.74, 6) is 1.68. The van der Waals surface area contributed by atoms with Crippen molar-refractivity contribution >= 4 is 11.8 Å². The van der Waals surface area contributed by atoms with E-state index in [4.69, 9.17) is 16.1 Å². The molecular formula is C16H24N8O. The molecule has 2 aromatic rings. The number of nitrogens with two attached hydrogens (primary N) is 2. The number of nitrogens with zero attached hydrogens (tertiary/aromatic N) is 6. The second-order valence-corrected chi connectivity index (χ2v) is 7.00. The highest BCUT2D eigenvalue weighted by Crippen LogP contribution is 2.36. The van der Waals surface area contributed by atoms with E-state index in [-0.39, 0.29) is 0 Å². The van der Waals surface area contributed by atoms with Gasteiger partial charge in [0, 0.05) is 50.7 Å². The number of piperazine rings is 1. The Labute approximate surface area is 146 Å². The summed E-state index contributed by atoms with van der Waals surface area (Å²) >= 11 is 0. The molecule has 4 N–H and O–H groups in total. The van der Waals surface area contributed by atoms with Gasteiger partial charge in [0.05, 0.1) is 5.69 Å². The number of aryl methyl sites for hydroxylation is 1. The van der Waals surface area contributed by atoms with E-state index >= 15 is 0 Å². The second kappa shape index (κ2) is 6.57. The molecule has 25 heavy (non-hydrogen) atoms. The van der Waals surface area contributed by atoms with Crippen molar-refractivity contribution in [3.8, 4) is 0 Å². The Morgan fingerprint density at radius 1 is 1.16 bits per heavy atom. The first-order valence-electron chi connectivity index (χ1n) is 8.74. The van der Waals surface area contributed by atoms with E-state index < -0.39 is 0 Å². The van der Waals surface area contributed by atoms with Crippen molar-refractivity contribution < 1.29 is 4.63 Å². The van der Waals surface area contributed by atoms with Crippen LogP contribution in [0.1, 0.15) is 35.8 Å². The zero-order chi connectivity index (χ0) is 17.4. The van der Waals surface area contributed by atoms with E-state index in [1.54, 1.807) is 0 Å².